The molecule has 2 N–H and O–H groups in total. The molecule has 0 aliphatic heterocycles. The number of aromatic nitrogens is 2. The van der Waals surface area contributed by atoms with Crippen molar-refractivity contribution >= 4 is 34.0 Å². The predicted molar refractivity (Wildman–Crippen MR) is 83.4 cm³/mol. The molecule has 2 heterocycles. The highest BCUT2D eigenvalue weighted by Crippen LogP contribution is 2.27. The minimum absolute atomic E-state index is 0.191. The standard InChI is InChI=1S/C14H9ClN4O3/c15-8-3-5-9(6-4-8)18-13-10(2-1-7-17-13)11(16)12(14(18)20)19(21)22/h1-7H,16H2. The number of benzene rings is 1. The molecule has 0 aliphatic carbocycles. The van der Waals surface area contributed by atoms with Gasteiger partial charge in [0.15, 0.2) is 0 Å². The minimum Gasteiger partial charge on any atom is -0.392 e. The van der Waals surface area contributed by atoms with Crippen LogP contribution in [0, 0.1) is 10.1 Å². The number of nitrogens with zero attached hydrogens (tertiary/aromatic N) is 3. The Hall–Kier alpha value is -2.93. The van der Waals surface area contributed by atoms with Crippen molar-refractivity contribution in [1.82, 2.24) is 9.55 Å². The van der Waals surface area contributed by atoms with Gasteiger partial charge in [-0.3, -0.25) is 19.5 Å². The van der Waals surface area contributed by atoms with Crippen molar-refractivity contribution in [3.05, 3.63) is 68.1 Å². The molecule has 2 aromatic heterocycles. The van der Waals surface area contributed by atoms with Crippen LogP contribution in [0.4, 0.5) is 11.4 Å². The second kappa shape index (κ2) is 5.12. The van der Waals surface area contributed by atoms with E-state index < -0.39 is 16.2 Å². The smallest absolute Gasteiger partial charge is 0.357 e. The maximum Gasteiger partial charge on any atom is 0.357 e. The lowest BCUT2D eigenvalue weighted by molar-refractivity contribution is -0.385. The zero-order valence-electron chi connectivity index (χ0n) is 11.1. The van der Waals surface area contributed by atoms with E-state index in [9.17, 15) is 14.9 Å². The molecule has 8 heteroatoms. The third kappa shape index (κ3) is 2.08. The monoisotopic (exact) mass is 316 g/mol. The van der Waals surface area contributed by atoms with Crippen molar-refractivity contribution in [3.63, 3.8) is 0 Å². The van der Waals surface area contributed by atoms with E-state index >= 15 is 0 Å². The molecule has 0 radical (unpaired) electrons. The summed E-state index contributed by atoms with van der Waals surface area (Å²) in [6, 6.07) is 9.51. The largest absolute Gasteiger partial charge is 0.392 e. The van der Waals surface area contributed by atoms with Crippen molar-refractivity contribution in [2.75, 3.05) is 5.73 Å². The van der Waals surface area contributed by atoms with Crippen LogP contribution < -0.4 is 11.3 Å². The van der Waals surface area contributed by atoms with E-state index in [4.69, 9.17) is 17.3 Å². The van der Waals surface area contributed by atoms with Gasteiger partial charge in [0.2, 0.25) is 0 Å². The lowest BCUT2D eigenvalue weighted by atomic mass is 10.2. The van der Waals surface area contributed by atoms with E-state index in [1.54, 1.807) is 36.4 Å². The van der Waals surface area contributed by atoms with E-state index in [0.717, 1.165) is 4.57 Å². The normalized spacial score (nSPS) is 10.8. The molecule has 0 unspecified atom stereocenters. The minimum atomic E-state index is -0.837. The number of fused-ring (bicyclic) bond motifs is 1. The van der Waals surface area contributed by atoms with Crippen LogP contribution >= 0.6 is 11.6 Å². The fraction of sp³-hybridized carbons (Fsp3) is 0. The molecular formula is C14H9ClN4O3. The first-order valence-electron chi connectivity index (χ1n) is 6.20. The molecule has 110 valence electrons. The Morgan fingerprint density at radius 1 is 1.23 bits per heavy atom. The first kappa shape index (κ1) is 14.0. The Labute approximate surface area is 128 Å². The van der Waals surface area contributed by atoms with Crippen molar-refractivity contribution in [3.8, 4) is 5.69 Å². The SMILES string of the molecule is Nc1c([N+](=O)[O-])c(=O)n(-c2ccc(Cl)cc2)c2ncccc12. The Morgan fingerprint density at radius 2 is 1.91 bits per heavy atom. The van der Waals surface area contributed by atoms with Crippen molar-refractivity contribution < 1.29 is 4.92 Å². The van der Waals surface area contributed by atoms with Crippen LogP contribution in [-0.4, -0.2) is 14.5 Å². The first-order valence-corrected chi connectivity index (χ1v) is 6.58. The van der Waals surface area contributed by atoms with Gasteiger partial charge in [-0.15, -0.1) is 0 Å². The molecular weight excluding hydrogens is 308 g/mol. The van der Waals surface area contributed by atoms with Gasteiger partial charge < -0.3 is 5.73 Å². The van der Waals surface area contributed by atoms with Gasteiger partial charge in [-0.1, -0.05) is 11.6 Å². The quantitative estimate of drug-likeness (QED) is 0.578. The van der Waals surface area contributed by atoms with E-state index in [-0.39, 0.29) is 11.3 Å². The number of rotatable bonds is 2. The predicted octanol–water partition coefficient (Wildman–Crippen LogP) is 2.53. The van der Waals surface area contributed by atoms with Crippen LogP contribution in [0.25, 0.3) is 16.7 Å². The molecule has 0 aliphatic rings. The molecule has 7 nitrogen and oxygen atoms in total. The lowest BCUT2D eigenvalue weighted by Crippen LogP contribution is -2.24. The van der Waals surface area contributed by atoms with Gasteiger partial charge in [0.25, 0.3) is 0 Å². The van der Waals surface area contributed by atoms with Gasteiger partial charge in [-0.25, -0.2) is 4.98 Å². The van der Waals surface area contributed by atoms with Gasteiger partial charge in [0.05, 0.1) is 10.6 Å². The number of hydrogen-bond donors (Lipinski definition) is 1. The summed E-state index contributed by atoms with van der Waals surface area (Å²) in [5.74, 6) is 0. The number of nitro groups is 1. The summed E-state index contributed by atoms with van der Waals surface area (Å²) in [5.41, 5.74) is 4.74. The highest BCUT2D eigenvalue weighted by Gasteiger charge is 2.25. The highest BCUT2D eigenvalue weighted by atomic mass is 35.5. The Morgan fingerprint density at radius 3 is 2.55 bits per heavy atom. The highest BCUT2D eigenvalue weighted by molar-refractivity contribution is 6.30. The molecule has 0 saturated carbocycles. The van der Waals surface area contributed by atoms with E-state index in [1.165, 1.54) is 6.20 Å². The molecule has 0 atom stereocenters. The number of halogens is 1. The fourth-order valence-corrected chi connectivity index (χ4v) is 2.36. The van der Waals surface area contributed by atoms with Crippen LogP contribution in [0.15, 0.2) is 47.4 Å². The van der Waals surface area contributed by atoms with Crippen molar-refractivity contribution in [2.24, 2.45) is 0 Å². The summed E-state index contributed by atoms with van der Waals surface area (Å²) in [5, 5.41) is 12.0. The summed E-state index contributed by atoms with van der Waals surface area (Å²) >= 11 is 5.83. The van der Waals surface area contributed by atoms with Gasteiger partial charge in [0, 0.05) is 16.6 Å². The second-order valence-corrected chi connectivity index (χ2v) is 4.95. The van der Waals surface area contributed by atoms with Gasteiger partial charge >= 0.3 is 11.2 Å². The molecule has 0 saturated heterocycles. The van der Waals surface area contributed by atoms with Crippen LogP contribution in [0.3, 0.4) is 0 Å². The summed E-state index contributed by atoms with van der Waals surface area (Å²) < 4.78 is 1.15. The topological polar surface area (TPSA) is 104 Å². The summed E-state index contributed by atoms with van der Waals surface area (Å²) in [4.78, 5) is 27.0. The summed E-state index contributed by atoms with van der Waals surface area (Å²) in [6.45, 7) is 0. The molecule has 0 amide bonds. The average molecular weight is 317 g/mol. The summed E-state index contributed by atoms with van der Waals surface area (Å²) in [7, 11) is 0. The molecule has 3 aromatic rings. The Balaban J connectivity index is 2.50. The van der Waals surface area contributed by atoms with E-state index in [0.29, 0.717) is 16.1 Å². The third-order valence-corrected chi connectivity index (χ3v) is 3.47. The van der Waals surface area contributed by atoms with Crippen LogP contribution in [0.2, 0.25) is 5.02 Å². The number of pyridine rings is 2. The molecule has 0 bridgehead atoms. The van der Waals surface area contributed by atoms with Crippen LogP contribution in [0.1, 0.15) is 0 Å². The second-order valence-electron chi connectivity index (χ2n) is 4.51. The molecule has 0 fully saturated rings. The zero-order chi connectivity index (χ0) is 15.9. The van der Waals surface area contributed by atoms with Gasteiger partial charge in [0.1, 0.15) is 11.3 Å². The van der Waals surface area contributed by atoms with Gasteiger partial charge in [-0.2, -0.15) is 0 Å². The van der Waals surface area contributed by atoms with Crippen LogP contribution in [0.5, 0.6) is 0 Å². The van der Waals surface area contributed by atoms with Crippen molar-refractivity contribution in [1.29, 1.82) is 0 Å². The molecule has 3 rings (SSSR count). The van der Waals surface area contributed by atoms with Crippen molar-refractivity contribution in [2.45, 2.75) is 0 Å². The summed E-state index contributed by atoms with van der Waals surface area (Å²) in [6.07, 6.45) is 1.49. The van der Waals surface area contributed by atoms with E-state index in [2.05, 4.69) is 4.98 Å². The molecule has 0 spiro atoms. The fourth-order valence-electron chi connectivity index (χ4n) is 2.24. The lowest BCUT2D eigenvalue weighted by Gasteiger charge is -2.11. The Bertz CT molecular complexity index is 951. The first-order chi connectivity index (χ1) is 10.5. The Kier molecular flexibility index (Phi) is 3.26. The third-order valence-electron chi connectivity index (χ3n) is 3.22. The zero-order valence-corrected chi connectivity index (χ0v) is 11.8. The number of hydrogen-bond acceptors (Lipinski definition) is 5. The average Bonchev–Trinajstić information content (AvgIpc) is 2.49. The van der Waals surface area contributed by atoms with E-state index in [1.807, 2.05) is 0 Å². The number of nitrogens with two attached hydrogens (primary N) is 1. The number of anilines is 1. The van der Waals surface area contributed by atoms with Gasteiger partial charge in [-0.05, 0) is 36.4 Å². The maximum absolute atomic E-state index is 12.5. The molecule has 22 heavy (non-hydrogen) atoms. The maximum atomic E-state index is 12.5. The number of nitrogen functional groups attached to an aromatic ring is 1. The molecule has 1 aromatic carbocycles. The van der Waals surface area contributed by atoms with Crippen LogP contribution in [-0.2, 0) is 0 Å².